The lowest BCUT2D eigenvalue weighted by Gasteiger charge is -2.56. The van der Waals surface area contributed by atoms with E-state index in [1.165, 1.54) is 6.20 Å². The van der Waals surface area contributed by atoms with Gasteiger partial charge in [0.25, 0.3) is 0 Å². The summed E-state index contributed by atoms with van der Waals surface area (Å²) in [7, 11) is 0. The maximum Gasteiger partial charge on any atom is 0.410 e. The van der Waals surface area contributed by atoms with Gasteiger partial charge in [-0.1, -0.05) is 45.0 Å². The highest BCUT2D eigenvalue weighted by atomic mass is 16.6. The van der Waals surface area contributed by atoms with Gasteiger partial charge in [-0.3, -0.25) is 21.1 Å². The number of hydrogen-bond acceptors (Lipinski definition) is 6. The number of aromatic nitrogens is 1. The van der Waals surface area contributed by atoms with Gasteiger partial charge in [-0.2, -0.15) is 0 Å². The SMILES string of the molecule is CC(C)c1ccc([C@](O)(c2cncc(C(=N)NO)c2)C2(C)CN(C(=O)OC(C)(C)C)C2)cc1. The fourth-order valence-electron chi connectivity index (χ4n) is 4.29. The van der Waals surface area contributed by atoms with Gasteiger partial charge in [0.15, 0.2) is 5.84 Å². The van der Waals surface area contributed by atoms with Crippen LogP contribution >= 0.6 is 0 Å². The zero-order valence-electron chi connectivity index (χ0n) is 20.1. The number of carbonyl (C=O) groups excluding carboxylic acids is 1. The molecule has 1 fully saturated rings. The van der Waals surface area contributed by atoms with E-state index < -0.39 is 22.7 Å². The van der Waals surface area contributed by atoms with Crippen LogP contribution in [0.3, 0.4) is 0 Å². The van der Waals surface area contributed by atoms with Gasteiger partial charge in [-0.05, 0) is 43.9 Å². The van der Waals surface area contributed by atoms with Crippen LogP contribution in [0.1, 0.15) is 69.7 Å². The Kier molecular flexibility index (Phi) is 6.55. The largest absolute Gasteiger partial charge is 0.444 e. The molecule has 1 atom stereocenters. The predicted octanol–water partition coefficient (Wildman–Crippen LogP) is 4.00. The summed E-state index contributed by atoms with van der Waals surface area (Å²) >= 11 is 0. The van der Waals surface area contributed by atoms with Crippen molar-refractivity contribution in [1.29, 1.82) is 5.41 Å². The maximum atomic E-state index is 12.6. The molecule has 0 spiro atoms. The van der Waals surface area contributed by atoms with Gasteiger partial charge in [-0.15, -0.1) is 0 Å². The van der Waals surface area contributed by atoms with Gasteiger partial charge in [0, 0.05) is 42.0 Å². The van der Waals surface area contributed by atoms with Crippen molar-refractivity contribution in [2.24, 2.45) is 5.41 Å². The van der Waals surface area contributed by atoms with Crippen LogP contribution in [-0.2, 0) is 10.3 Å². The molecule has 0 saturated carbocycles. The van der Waals surface area contributed by atoms with E-state index in [0.29, 0.717) is 22.6 Å². The Morgan fingerprint density at radius 3 is 2.30 bits per heavy atom. The summed E-state index contributed by atoms with van der Waals surface area (Å²) in [4.78, 5) is 18.4. The molecule has 33 heavy (non-hydrogen) atoms. The Morgan fingerprint density at radius 2 is 1.79 bits per heavy atom. The average molecular weight is 455 g/mol. The zero-order chi connectivity index (χ0) is 24.6. The maximum absolute atomic E-state index is 12.6. The number of hydroxylamine groups is 1. The first-order valence-corrected chi connectivity index (χ1v) is 11.1. The lowest BCUT2D eigenvalue weighted by Crippen LogP contribution is -2.66. The molecule has 1 aliphatic heterocycles. The molecule has 2 heterocycles. The molecule has 1 aromatic carbocycles. The smallest absolute Gasteiger partial charge is 0.410 e. The molecule has 3 rings (SSSR count). The van der Waals surface area contributed by atoms with Crippen molar-refractivity contribution < 1.29 is 19.8 Å². The molecule has 1 aromatic heterocycles. The number of hydrogen-bond donors (Lipinski definition) is 4. The number of rotatable bonds is 5. The standard InChI is InChI=1S/C25H34N4O4/c1-16(2)17-7-9-19(10-8-17)25(31,20-11-18(12-27-13-20)21(26)28-32)24(6)14-29(15-24)22(30)33-23(3,4)5/h7-13,16,31-32H,14-15H2,1-6H3,(H2,26,28)/t25-/m0/s1. The van der Waals surface area contributed by atoms with E-state index in [2.05, 4.69) is 18.8 Å². The number of ether oxygens (including phenoxy) is 1. The minimum absolute atomic E-state index is 0.226. The lowest BCUT2D eigenvalue weighted by atomic mass is 9.62. The molecule has 4 N–H and O–H groups in total. The Balaban J connectivity index is 2.04. The molecule has 0 bridgehead atoms. The second-order valence-corrected chi connectivity index (χ2v) is 10.3. The van der Waals surface area contributed by atoms with Gasteiger partial charge >= 0.3 is 6.09 Å². The lowest BCUT2D eigenvalue weighted by molar-refractivity contribution is -0.131. The predicted molar refractivity (Wildman–Crippen MR) is 125 cm³/mol. The van der Waals surface area contributed by atoms with Crippen molar-refractivity contribution in [3.8, 4) is 0 Å². The minimum atomic E-state index is -1.50. The number of benzene rings is 1. The van der Waals surface area contributed by atoms with Crippen LogP contribution < -0.4 is 5.48 Å². The number of amidine groups is 1. The summed E-state index contributed by atoms with van der Waals surface area (Å²) in [5, 5.41) is 29.4. The second kappa shape index (κ2) is 8.76. The van der Waals surface area contributed by atoms with Crippen LogP contribution in [-0.4, -0.2) is 50.8 Å². The Morgan fingerprint density at radius 1 is 1.18 bits per heavy atom. The van der Waals surface area contributed by atoms with Crippen molar-refractivity contribution >= 4 is 11.9 Å². The van der Waals surface area contributed by atoms with Crippen LogP contribution in [0.5, 0.6) is 0 Å². The third-order valence-electron chi connectivity index (χ3n) is 6.16. The molecular formula is C25H34N4O4. The van der Waals surface area contributed by atoms with Gasteiger partial charge in [-0.25, -0.2) is 4.79 Å². The normalized spacial score (nSPS) is 17.2. The fourth-order valence-corrected chi connectivity index (χ4v) is 4.29. The van der Waals surface area contributed by atoms with Crippen LogP contribution in [0.15, 0.2) is 42.7 Å². The van der Waals surface area contributed by atoms with E-state index in [1.54, 1.807) is 17.2 Å². The Labute approximate surface area is 195 Å². The van der Waals surface area contributed by atoms with Crippen molar-refractivity contribution in [3.05, 3.63) is 65.0 Å². The number of pyridine rings is 1. The van der Waals surface area contributed by atoms with Crippen LogP contribution in [0.25, 0.3) is 0 Å². The number of aliphatic hydroxyl groups is 1. The molecule has 8 nitrogen and oxygen atoms in total. The minimum Gasteiger partial charge on any atom is -0.444 e. The highest BCUT2D eigenvalue weighted by Crippen LogP contribution is 2.51. The summed E-state index contributed by atoms with van der Waals surface area (Å²) in [6.07, 6.45) is 2.58. The van der Waals surface area contributed by atoms with Crippen molar-refractivity contribution in [2.45, 2.75) is 58.7 Å². The average Bonchev–Trinajstić information content (AvgIpc) is 2.74. The van der Waals surface area contributed by atoms with Gasteiger partial charge in [0.2, 0.25) is 0 Å². The van der Waals surface area contributed by atoms with Crippen molar-refractivity contribution in [1.82, 2.24) is 15.4 Å². The summed E-state index contributed by atoms with van der Waals surface area (Å²) in [6, 6.07) is 9.43. The molecular weight excluding hydrogens is 420 g/mol. The molecule has 0 aliphatic carbocycles. The first-order chi connectivity index (χ1) is 15.3. The topological polar surface area (TPSA) is 119 Å². The van der Waals surface area contributed by atoms with Crippen molar-refractivity contribution in [3.63, 3.8) is 0 Å². The molecule has 8 heteroatoms. The summed E-state index contributed by atoms with van der Waals surface area (Å²) in [6.45, 7) is 12.1. The fraction of sp³-hybridized carbons (Fsp3) is 0.480. The van der Waals surface area contributed by atoms with E-state index in [1.807, 2.05) is 57.4 Å². The number of nitrogens with one attached hydrogen (secondary N) is 2. The first kappa shape index (κ1) is 24.7. The Hall–Kier alpha value is -2.97. The third-order valence-corrected chi connectivity index (χ3v) is 6.16. The van der Waals surface area contributed by atoms with Gasteiger partial charge in [0.1, 0.15) is 11.2 Å². The Bertz CT molecular complexity index is 1020. The van der Waals surface area contributed by atoms with Gasteiger partial charge in [0.05, 0.1) is 0 Å². The second-order valence-electron chi connectivity index (χ2n) is 10.3. The number of nitrogens with zero attached hydrogens (tertiary/aromatic N) is 2. The number of amides is 1. The first-order valence-electron chi connectivity index (χ1n) is 11.1. The van der Waals surface area contributed by atoms with Crippen molar-refractivity contribution in [2.75, 3.05) is 13.1 Å². The zero-order valence-corrected chi connectivity index (χ0v) is 20.1. The van der Waals surface area contributed by atoms with E-state index in [0.717, 1.165) is 5.56 Å². The van der Waals surface area contributed by atoms with Gasteiger partial charge < -0.3 is 14.7 Å². The highest BCUT2D eigenvalue weighted by Gasteiger charge is 2.58. The van der Waals surface area contributed by atoms with Crippen LogP contribution in [0.4, 0.5) is 4.79 Å². The van der Waals surface area contributed by atoms with E-state index >= 15 is 0 Å². The third kappa shape index (κ3) is 4.72. The van der Waals surface area contributed by atoms with Crippen LogP contribution in [0, 0.1) is 10.8 Å². The van der Waals surface area contributed by atoms with E-state index in [4.69, 9.17) is 15.4 Å². The molecule has 0 unspecified atom stereocenters. The molecule has 178 valence electrons. The molecule has 1 saturated heterocycles. The summed E-state index contributed by atoms with van der Waals surface area (Å²) in [5.74, 6) is 0.117. The molecule has 2 aromatic rings. The molecule has 1 amide bonds. The molecule has 1 aliphatic rings. The van der Waals surface area contributed by atoms with E-state index in [9.17, 15) is 9.90 Å². The number of carbonyl (C=O) groups is 1. The number of likely N-dealkylation sites (tertiary alicyclic amines) is 1. The molecule has 0 radical (unpaired) electrons. The summed E-state index contributed by atoms with van der Waals surface area (Å²) < 4.78 is 5.50. The summed E-state index contributed by atoms with van der Waals surface area (Å²) in [5.41, 5.74) is 1.60. The van der Waals surface area contributed by atoms with E-state index in [-0.39, 0.29) is 18.9 Å². The quantitative estimate of drug-likeness (QED) is 0.308. The highest BCUT2D eigenvalue weighted by molar-refractivity contribution is 5.95. The van der Waals surface area contributed by atoms with Crippen LogP contribution in [0.2, 0.25) is 0 Å². The monoisotopic (exact) mass is 454 g/mol.